The van der Waals surface area contributed by atoms with Gasteiger partial charge in [-0.3, -0.25) is 0 Å². The summed E-state index contributed by atoms with van der Waals surface area (Å²) < 4.78 is 32.5. The van der Waals surface area contributed by atoms with Crippen molar-refractivity contribution in [3.05, 3.63) is 17.6 Å². The van der Waals surface area contributed by atoms with Crippen LogP contribution in [-0.2, 0) is 16.6 Å². The SMILES string of the molecule is Cc1oc(CO)cc1S(=O)(=O)NC1(C)CCCC1. The molecule has 0 bridgehead atoms. The van der Waals surface area contributed by atoms with E-state index in [0.717, 1.165) is 25.7 Å². The third-order valence-electron chi connectivity index (χ3n) is 3.46. The van der Waals surface area contributed by atoms with Gasteiger partial charge in [0.05, 0.1) is 0 Å². The third-order valence-corrected chi connectivity index (χ3v) is 5.20. The summed E-state index contributed by atoms with van der Waals surface area (Å²) >= 11 is 0. The van der Waals surface area contributed by atoms with Gasteiger partial charge in [0, 0.05) is 11.6 Å². The molecular formula is C12H19NO4S. The second kappa shape index (κ2) is 4.68. The minimum atomic E-state index is -3.58. The van der Waals surface area contributed by atoms with Crippen LogP contribution in [0.3, 0.4) is 0 Å². The summed E-state index contributed by atoms with van der Waals surface area (Å²) in [4.78, 5) is 0.125. The van der Waals surface area contributed by atoms with Gasteiger partial charge in [0.1, 0.15) is 23.0 Å². The monoisotopic (exact) mass is 273 g/mol. The highest BCUT2D eigenvalue weighted by molar-refractivity contribution is 7.89. The van der Waals surface area contributed by atoms with Crippen LogP contribution in [0.15, 0.2) is 15.4 Å². The number of hydrogen-bond donors (Lipinski definition) is 2. The van der Waals surface area contributed by atoms with Crippen molar-refractivity contribution in [1.29, 1.82) is 0 Å². The summed E-state index contributed by atoms with van der Waals surface area (Å²) in [6.07, 6.45) is 3.81. The molecule has 18 heavy (non-hydrogen) atoms. The minimum Gasteiger partial charge on any atom is -0.462 e. The molecule has 1 saturated carbocycles. The van der Waals surface area contributed by atoms with Crippen molar-refractivity contribution in [3.8, 4) is 0 Å². The van der Waals surface area contributed by atoms with Gasteiger partial charge < -0.3 is 9.52 Å². The molecule has 0 saturated heterocycles. The average Bonchev–Trinajstić information content (AvgIpc) is 2.84. The number of hydrogen-bond acceptors (Lipinski definition) is 4. The Morgan fingerprint density at radius 1 is 1.44 bits per heavy atom. The van der Waals surface area contributed by atoms with Crippen molar-refractivity contribution in [1.82, 2.24) is 4.72 Å². The number of aryl methyl sites for hydroxylation is 1. The highest BCUT2D eigenvalue weighted by Crippen LogP contribution is 2.31. The summed E-state index contributed by atoms with van der Waals surface area (Å²) in [5.41, 5.74) is -0.359. The second-order valence-electron chi connectivity index (χ2n) is 5.16. The number of rotatable bonds is 4. The van der Waals surface area contributed by atoms with Crippen LogP contribution in [0.1, 0.15) is 44.1 Å². The Hall–Kier alpha value is -0.850. The molecule has 0 aromatic carbocycles. The maximum atomic E-state index is 12.3. The molecule has 102 valence electrons. The van der Waals surface area contributed by atoms with Gasteiger partial charge in [0.2, 0.25) is 10.0 Å². The lowest BCUT2D eigenvalue weighted by molar-refractivity contribution is 0.244. The predicted molar refractivity (Wildman–Crippen MR) is 66.6 cm³/mol. The van der Waals surface area contributed by atoms with Gasteiger partial charge >= 0.3 is 0 Å². The number of furan rings is 1. The molecule has 1 aliphatic carbocycles. The fourth-order valence-corrected chi connectivity index (χ4v) is 4.18. The zero-order valence-electron chi connectivity index (χ0n) is 10.7. The van der Waals surface area contributed by atoms with Gasteiger partial charge in [-0.25, -0.2) is 13.1 Å². The Kier molecular flexibility index (Phi) is 3.53. The summed E-state index contributed by atoms with van der Waals surface area (Å²) in [5, 5.41) is 8.97. The van der Waals surface area contributed by atoms with E-state index in [1.165, 1.54) is 6.07 Å². The average molecular weight is 273 g/mol. The Morgan fingerprint density at radius 3 is 2.56 bits per heavy atom. The molecular weight excluding hydrogens is 254 g/mol. The number of aliphatic hydroxyl groups excluding tert-OH is 1. The molecule has 5 nitrogen and oxygen atoms in total. The smallest absolute Gasteiger partial charge is 0.244 e. The second-order valence-corrected chi connectivity index (χ2v) is 6.82. The molecule has 1 fully saturated rings. The largest absolute Gasteiger partial charge is 0.462 e. The molecule has 0 amide bonds. The van der Waals surface area contributed by atoms with E-state index < -0.39 is 10.0 Å². The lowest BCUT2D eigenvalue weighted by Crippen LogP contribution is -2.43. The van der Waals surface area contributed by atoms with E-state index in [9.17, 15) is 8.42 Å². The molecule has 0 spiro atoms. The molecule has 1 aromatic rings. The van der Waals surface area contributed by atoms with Crippen LogP contribution in [0.4, 0.5) is 0 Å². The van der Waals surface area contributed by atoms with Crippen LogP contribution >= 0.6 is 0 Å². The summed E-state index contributed by atoms with van der Waals surface area (Å²) in [6.45, 7) is 3.22. The topological polar surface area (TPSA) is 79.5 Å². The number of sulfonamides is 1. The van der Waals surface area contributed by atoms with Crippen molar-refractivity contribution in [2.75, 3.05) is 0 Å². The van der Waals surface area contributed by atoms with E-state index in [1.807, 2.05) is 6.92 Å². The van der Waals surface area contributed by atoms with Crippen LogP contribution in [0.25, 0.3) is 0 Å². The fraction of sp³-hybridized carbons (Fsp3) is 0.667. The molecule has 1 heterocycles. The van der Waals surface area contributed by atoms with Crippen molar-refractivity contribution >= 4 is 10.0 Å². The molecule has 1 aromatic heterocycles. The van der Waals surface area contributed by atoms with E-state index >= 15 is 0 Å². The van der Waals surface area contributed by atoms with E-state index in [1.54, 1.807) is 6.92 Å². The van der Waals surface area contributed by atoms with Gasteiger partial charge in [0.25, 0.3) is 0 Å². The van der Waals surface area contributed by atoms with Gasteiger partial charge in [-0.05, 0) is 26.7 Å². The van der Waals surface area contributed by atoms with Crippen LogP contribution in [0.5, 0.6) is 0 Å². The zero-order valence-corrected chi connectivity index (χ0v) is 11.5. The number of nitrogens with one attached hydrogen (secondary N) is 1. The molecule has 1 aliphatic rings. The quantitative estimate of drug-likeness (QED) is 0.875. The van der Waals surface area contributed by atoms with Crippen molar-refractivity contribution < 1.29 is 17.9 Å². The molecule has 0 aliphatic heterocycles. The predicted octanol–water partition coefficient (Wildman–Crippen LogP) is 1.69. The Bertz CT molecular complexity index is 526. The maximum absolute atomic E-state index is 12.3. The molecule has 2 rings (SSSR count). The Balaban J connectivity index is 2.27. The first-order chi connectivity index (χ1) is 8.36. The van der Waals surface area contributed by atoms with Crippen LogP contribution < -0.4 is 4.72 Å². The fourth-order valence-electron chi connectivity index (χ4n) is 2.51. The first-order valence-electron chi connectivity index (χ1n) is 6.10. The number of aliphatic hydroxyl groups is 1. The van der Waals surface area contributed by atoms with E-state index in [-0.39, 0.29) is 22.8 Å². The molecule has 0 atom stereocenters. The van der Waals surface area contributed by atoms with E-state index in [4.69, 9.17) is 9.52 Å². The van der Waals surface area contributed by atoms with Crippen LogP contribution in [0.2, 0.25) is 0 Å². The van der Waals surface area contributed by atoms with E-state index in [0.29, 0.717) is 5.76 Å². The maximum Gasteiger partial charge on any atom is 0.244 e. The van der Waals surface area contributed by atoms with Crippen molar-refractivity contribution in [2.45, 2.75) is 56.6 Å². The molecule has 0 unspecified atom stereocenters. The Morgan fingerprint density at radius 2 is 2.06 bits per heavy atom. The zero-order chi connectivity index (χ0) is 13.4. The van der Waals surface area contributed by atoms with Crippen LogP contribution in [-0.4, -0.2) is 19.1 Å². The first-order valence-corrected chi connectivity index (χ1v) is 7.59. The normalized spacial score (nSPS) is 19.3. The highest BCUT2D eigenvalue weighted by atomic mass is 32.2. The Labute approximate surface area is 107 Å². The standard InChI is InChI=1S/C12H19NO4S/c1-9-11(7-10(8-14)17-9)18(15,16)13-12(2)5-3-4-6-12/h7,13-14H,3-6,8H2,1-2H3. The third kappa shape index (κ3) is 2.60. The summed E-state index contributed by atoms with van der Waals surface area (Å²) in [6, 6.07) is 1.38. The van der Waals surface area contributed by atoms with Crippen LogP contribution in [0, 0.1) is 6.92 Å². The summed E-state index contributed by atoms with van der Waals surface area (Å²) in [7, 11) is -3.58. The highest BCUT2D eigenvalue weighted by Gasteiger charge is 2.34. The molecule has 0 radical (unpaired) electrons. The summed E-state index contributed by atoms with van der Waals surface area (Å²) in [5.74, 6) is 0.581. The van der Waals surface area contributed by atoms with Gasteiger partial charge in [-0.2, -0.15) is 0 Å². The van der Waals surface area contributed by atoms with E-state index in [2.05, 4.69) is 4.72 Å². The van der Waals surface area contributed by atoms with Crippen molar-refractivity contribution in [2.24, 2.45) is 0 Å². The minimum absolute atomic E-state index is 0.125. The molecule has 6 heteroatoms. The van der Waals surface area contributed by atoms with Gasteiger partial charge in [0.15, 0.2) is 0 Å². The van der Waals surface area contributed by atoms with Gasteiger partial charge in [-0.15, -0.1) is 0 Å². The molecule has 2 N–H and O–H groups in total. The lowest BCUT2D eigenvalue weighted by Gasteiger charge is -2.24. The first kappa shape index (κ1) is 13.6. The lowest BCUT2D eigenvalue weighted by atomic mass is 10.0. The van der Waals surface area contributed by atoms with Crippen molar-refractivity contribution in [3.63, 3.8) is 0 Å². The van der Waals surface area contributed by atoms with Gasteiger partial charge in [-0.1, -0.05) is 12.8 Å².